The number of carbonyl (C=O) groups excluding carboxylic acids is 3. The number of amides is 1. The number of carbonyl (C=O) groups is 3. The molecule has 0 radical (unpaired) electrons. The minimum absolute atomic E-state index is 0.0284. The highest BCUT2D eigenvalue weighted by molar-refractivity contribution is 7.13. The zero-order chi connectivity index (χ0) is 30.0. The Hall–Kier alpha value is -2.38. The third-order valence-electron chi connectivity index (χ3n) is 8.39. The van der Waals surface area contributed by atoms with Crippen molar-refractivity contribution >= 4 is 28.8 Å². The Bertz CT molecular complexity index is 1130. The Labute approximate surface area is 251 Å². The van der Waals surface area contributed by atoms with Crippen molar-refractivity contribution < 1.29 is 19.5 Å². The lowest BCUT2D eigenvalue weighted by molar-refractivity contribution is -0.145. The van der Waals surface area contributed by atoms with Crippen molar-refractivity contribution in [3.8, 4) is 10.4 Å². The van der Waals surface area contributed by atoms with Crippen molar-refractivity contribution in [2.75, 3.05) is 6.54 Å². The van der Waals surface area contributed by atoms with E-state index in [0.717, 1.165) is 41.0 Å². The number of likely N-dealkylation sites (tertiary alicyclic amines) is 1. The van der Waals surface area contributed by atoms with Crippen molar-refractivity contribution in [2.45, 2.75) is 124 Å². The molecule has 1 saturated heterocycles. The maximum Gasteiger partial charge on any atom is 0.227 e. The largest absolute Gasteiger partial charge is 0.391 e. The van der Waals surface area contributed by atoms with E-state index in [0.29, 0.717) is 19.3 Å². The fourth-order valence-corrected chi connectivity index (χ4v) is 6.58. The van der Waals surface area contributed by atoms with Crippen LogP contribution in [0.15, 0.2) is 29.8 Å². The van der Waals surface area contributed by atoms with E-state index in [-0.39, 0.29) is 36.9 Å². The van der Waals surface area contributed by atoms with Crippen LogP contribution in [0.2, 0.25) is 0 Å². The highest BCUT2D eigenvalue weighted by Crippen LogP contribution is 2.34. The van der Waals surface area contributed by atoms with Gasteiger partial charge in [-0.05, 0) is 36.3 Å². The molecule has 41 heavy (non-hydrogen) atoms. The lowest BCUT2D eigenvalue weighted by Crippen LogP contribution is -2.47. The molecule has 3 atom stereocenters. The second-order valence-electron chi connectivity index (χ2n) is 12.9. The van der Waals surface area contributed by atoms with Gasteiger partial charge in [-0.2, -0.15) is 0 Å². The van der Waals surface area contributed by atoms with Crippen LogP contribution in [0.1, 0.15) is 110 Å². The zero-order valence-corrected chi connectivity index (χ0v) is 26.6. The monoisotopic (exact) mass is 582 g/mol. The van der Waals surface area contributed by atoms with E-state index in [1.807, 2.05) is 45.3 Å². The molecular formula is C34H50N2O4S. The molecule has 1 aliphatic heterocycles. The number of aryl methyl sites for hydroxylation is 2. The fraction of sp³-hybridized carbons (Fsp3) is 0.647. The maximum absolute atomic E-state index is 13.8. The third-order valence-corrected chi connectivity index (χ3v) is 9.37. The molecule has 2 heterocycles. The molecule has 6 nitrogen and oxygen atoms in total. The molecule has 0 bridgehead atoms. The first kappa shape index (κ1) is 33.1. The smallest absolute Gasteiger partial charge is 0.227 e. The quantitative estimate of drug-likeness (QED) is 0.209. The summed E-state index contributed by atoms with van der Waals surface area (Å²) in [6.07, 6.45) is 9.14. The van der Waals surface area contributed by atoms with Gasteiger partial charge >= 0.3 is 0 Å². The number of unbranched alkanes of at least 4 members (excludes halogenated alkanes) is 6. The van der Waals surface area contributed by atoms with Crippen molar-refractivity contribution in [1.29, 1.82) is 0 Å². The summed E-state index contributed by atoms with van der Waals surface area (Å²) in [5, 5.41) is 10.5. The lowest BCUT2D eigenvalue weighted by atomic mass is 9.76. The third kappa shape index (κ3) is 9.85. The van der Waals surface area contributed by atoms with E-state index in [2.05, 4.69) is 24.0 Å². The summed E-state index contributed by atoms with van der Waals surface area (Å²) in [4.78, 5) is 47.1. The van der Waals surface area contributed by atoms with Gasteiger partial charge in [-0.25, -0.2) is 4.98 Å². The normalized spacial score (nSPS) is 18.0. The zero-order valence-electron chi connectivity index (χ0n) is 25.8. The standard InChI is InChI=1S/C34H50N2O4S/c1-6-7-8-9-10-11-12-13-27(37)20-29(34(3,4)5)33(40)36-22-28(38)21-30(36)31(39)19-16-25-14-17-26(18-15-25)32-24(2)35-23-41-32/h14-15,17-18,23,28-30,38H,6-13,16,19-22H2,1-5H3/t28-,29-,30+/m1/s1. The number of aliphatic hydroxyl groups is 1. The Kier molecular flexibility index (Phi) is 12.7. The van der Waals surface area contributed by atoms with Gasteiger partial charge in [0, 0.05) is 38.1 Å². The number of nitrogens with zero attached hydrogens (tertiary/aromatic N) is 2. The summed E-state index contributed by atoms with van der Waals surface area (Å²) in [5.41, 5.74) is 4.61. The molecule has 1 fully saturated rings. The van der Waals surface area contributed by atoms with Crippen LogP contribution in [0.3, 0.4) is 0 Å². The number of hydrogen-bond acceptors (Lipinski definition) is 6. The van der Waals surface area contributed by atoms with Crippen molar-refractivity contribution in [3.63, 3.8) is 0 Å². The summed E-state index contributed by atoms with van der Waals surface area (Å²) in [6.45, 7) is 10.3. The second-order valence-corrected chi connectivity index (χ2v) is 13.7. The number of aromatic nitrogens is 1. The van der Waals surface area contributed by atoms with Crippen LogP contribution >= 0.6 is 11.3 Å². The van der Waals surface area contributed by atoms with E-state index >= 15 is 0 Å². The number of β-amino-alcohol motifs (C(OH)–C–C–N with tert-alkyl or cyclic N) is 1. The van der Waals surface area contributed by atoms with Crippen molar-refractivity contribution in [1.82, 2.24) is 9.88 Å². The molecule has 0 saturated carbocycles. The number of aliphatic hydroxyl groups excluding tert-OH is 1. The van der Waals surface area contributed by atoms with Gasteiger partial charge in [0.25, 0.3) is 0 Å². The Morgan fingerprint density at radius 1 is 1.02 bits per heavy atom. The minimum atomic E-state index is -0.723. The van der Waals surface area contributed by atoms with E-state index < -0.39 is 23.5 Å². The Balaban J connectivity index is 1.57. The van der Waals surface area contributed by atoms with Crippen molar-refractivity contribution in [3.05, 3.63) is 41.0 Å². The van der Waals surface area contributed by atoms with Crippen LogP contribution in [0.5, 0.6) is 0 Å². The average molecular weight is 583 g/mol. The van der Waals surface area contributed by atoms with E-state index in [9.17, 15) is 19.5 Å². The molecule has 0 spiro atoms. The van der Waals surface area contributed by atoms with Gasteiger partial charge in [-0.15, -0.1) is 11.3 Å². The van der Waals surface area contributed by atoms with Crippen molar-refractivity contribution in [2.24, 2.45) is 11.3 Å². The first-order chi connectivity index (χ1) is 19.5. The average Bonchev–Trinajstić information content (AvgIpc) is 3.54. The number of Topliss-reactive ketones (excluding diaryl/α,β-unsaturated/α-hetero) is 2. The Morgan fingerprint density at radius 2 is 1.68 bits per heavy atom. The highest BCUT2D eigenvalue weighted by Gasteiger charge is 2.43. The summed E-state index contributed by atoms with van der Waals surface area (Å²) >= 11 is 1.61. The highest BCUT2D eigenvalue weighted by atomic mass is 32.1. The first-order valence-corrected chi connectivity index (χ1v) is 16.4. The van der Waals surface area contributed by atoms with Gasteiger partial charge < -0.3 is 10.0 Å². The molecule has 3 rings (SSSR count). The molecule has 1 aromatic heterocycles. The minimum Gasteiger partial charge on any atom is -0.391 e. The van der Waals surface area contributed by atoms with Crippen LogP contribution in [-0.2, 0) is 20.8 Å². The number of hydrogen-bond donors (Lipinski definition) is 1. The van der Waals surface area contributed by atoms with Crippen LogP contribution < -0.4 is 0 Å². The number of rotatable bonds is 16. The van der Waals surface area contributed by atoms with Gasteiger partial charge in [0.2, 0.25) is 5.91 Å². The molecular weight excluding hydrogens is 532 g/mol. The van der Waals surface area contributed by atoms with Crippen LogP contribution in [0, 0.1) is 18.3 Å². The fourth-order valence-electron chi connectivity index (χ4n) is 5.77. The molecule has 7 heteroatoms. The van der Waals surface area contributed by atoms with E-state index in [1.54, 1.807) is 16.2 Å². The summed E-state index contributed by atoms with van der Waals surface area (Å²) in [7, 11) is 0. The molecule has 1 aliphatic rings. The van der Waals surface area contributed by atoms with Crippen LogP contribution in [0.25, 0.3) is 10.4 Å². The lowest BCUT2D eigenvalue weighted by Gasteiger charge is -2.34. The van der Waals surface area contributed by atoms with Crippen LogP contribution in [-0.4, -0.2) is 51.2 Å². The van der Waals surface area contributed by atoms with Gasteiger partial charge in [0.05, 0.1) is 28.2 Å². The topological polar surface area (TPSA) is 87.6 Å². The van der Waals surface area contributed by atoms with Gasteiger partial charge in [-0.1, -0.05) is 90.5 Å². The van der Waals surface area contributed by atoms with Gasteiger partial charge in [-0.3, -0.25) is 14.4 Å². The van der Waals surface area contributed by atoms with Gasteiger partial charge in [0.1, 0.15) is 5.78 Å². The van der Waals surface area contributed by atoms with E-state index in [4.69, 9.17) is 0 Å². The number of thiazole rings is 1. The molecule has 1 amide bonds. The molecule has 0 aliphatic carbocycles. The molecule has 226 valence electrons. The predicted octanol–water partition coefficient (Wildman–Crippen LogP) is 7.34. The summed E-state index contributed by atoms with van der Waals surface area (Å²) < 4.78 is 0. The van der Waals surface area contributed by atoms with E-state index in [1.165, 1.54) is 25.7 Å². The number of ketones is 2. The molecule has 1 aromatic carbocycles. The molecule has 0 unspecified atom stereocenters. The molecule has 1 N–H and O–H groups in total. The van der Waals surface area contributed by atoms with Crippen LogP contribution in [0.4, 0.5) is 0 Å². The molecule has 2 aromatic rings. The summed E-state index contributed by atoms with van der Waals surface area (Å²) in [5.74, 6) is -0.599. The van der Waals surface area contributed by atoms with Gasteiger partial charge in [0.15, 0.2) is 5.78 Å². The summed E-state index contributed by atoms with van der Waals surface area (Å²) in [6, 6.07) is 7.57. The first-order valence-electron chi connectivity index (χ1n) is 15.5. The SMILES string of the molecule is CCCCCCCCCC(=O)C[C@H](C(=O)N1C[C@H](O)C[C@H]1C(=O)CCc1ccc(-c2scnc2C)cc1)C(C)(C)C. The number of benzene rings is 1. The Morgan fingerprint density at radius 3 is 2.29 bits per heavy atom. The predicted molar refractivity (Wildman–Crippen MR) is 167 cm³/mol. The maximum atomic E-state index is 13.8. The second kappa shape index (κ2) is 15.7.